The molecule has 21 rings (SSSR count). The van der Waals surface area contributed by atoms with E-state index < -0.39 is 0 Å². The Labute approximate surface area is 811 Å². The predicted molar refractivity (Wildman–Crippen MR) is 546 cm³/mol. The van der Waals surface area contributed by atoms with E-state index in [1.54, 1.807) is 103 Å². The number of rotatable bonds is 17. The minimum Gasteiger partial charge on any atom is -0.660 e. The average Bonchev–Trinajstić information content (AvgIpc) is 1.19. The van der Waals surface area contributed by atoms with Crippen molar-refractivity contribution in [2.75, 3.05) is 177 Å². The minimum absolute atomic E-state index is 0.205. The molecule has 0 unspecified atom stereocenters. The van der Waals surface area contributed by atoms with Gasteiger partial charge in [0.05, 0.1) is 19.5 Å². The molecule has 10 N–H and O–H groups in total. The Hall–Kier alpha value is -13.3. The first-order valence-corrected chi connectivity index (χ1v) is 47.4. The second kappa shape index (κ2) is 54.2. The van der Waals surface area contributed by atoms with Crippen LogP contribution in [-0.4, -0.2) is 322 Å². The van der Waals surface area contributed by atoms with E-state index in [1.807, 2.05) is 145 Å². The summed E-state index contributed by atoms with van der Waals surface area (Å²) in [6, 6.07) is 53.3. The van der Waals surface area contributed by atoms with Crippen molar-refractivity contribution >= 4 is 96.7 Å². The van der Waals surface area contributed by atoms with Gasteiger partial charge < -0.3 is 81.2 Å². The Morgan fingerprint density at radius 1 is 0.331 bits per heavy atom. The number of aromatic hydroxyl groups is 7. The zero-order valence-electron chi connectivity index (χ0n) is 79.3. The zero-order valence-corrected chi connectivity index (χ0v) is 79.3. The van der Waals surface area contributed by atoms with Crippen molar-refractivity contribution in [1.82, 2.24) is 94.3 Å². The molecule has 35 heteroatoms. The third kappa shape index (κ3) is 29.7. The molecule has 14 heterocycles. The van der Waals surface area contributed by atoms with Crippen molar-refractivity contribution < 1.29 is 59.8 Å². The quantitative estimate of drug-likeness (QED) is 0.0379. The fraction of sp³-hybridized carbons (Fsp3) is 0.356. The number of piperazine rings is 6. The van der Waals surface area contributed by atoms with Gasteiger partial charge in [-0.05, 0) is 157 Å². The van der Waals surface area contributed by atoms with Crippen LogP contribution in [0.4, 0.5) is 4.79 Å². The van der Waals surface area contributed by atoms with Gasteiger partial charge >= 0.3 is 43.4 Å². The number of aromatic nitrogens is 9. The van der Waals surface area contributed by atoms with Gasteiger partial charge in [0.1, 0.15) is 78.9 Å². The number of β-amino-alcohol motifs (C(OH)–C–C–N with tert-alkyl or cyclic N) is 1. The first-order chi connectivity index (χ1) is 68.0. The minimum atomic E-state index is -0.230. The van der Waals surface area contributed by atoms with Crippen LogP contribution in [0.2, 0.25) is 13.6 Å². The van der Waals surface area contributed by atoms with Crippen molar-refractivity contribution in [2.24, 2.45) is 0 Å². The number of hydrogen-bond acceptors (Lipinski definition) is 29. The molecule has 8 aromatic heterocycles. The van der Waals surface area contributed by atoms with Crippen LogP contribution in [0, 0.1) is 0 Å². The van der Waals surface area contributed by atoms with E-state index in [9.17, 15) is 40.5 Å². The maximum absolute atomic E-state index is 11.7. The van der Waals surface area contributed by atoms with E-state index in [-0.39, 0.29) is 52.9 Å². The van der Waals surface area contributed by atoms with E-state index in [4.69, 9.17) is 19.3 Å². The third-order valence-corrected chi connectivity index (χ3v) is 24.6. The zero-order chi connectivity index (χ0) is 97.5. The molecular weight excluding hydrogens is 1760 g/mol. The van der Waals surface area contributed by atoms with Crippen molar-refractivity contribution in [2.45, 2.75) is 66.4 Å². The van der Waals surface area contributed by atoms with Crippen LogP contribution in [0.15, 0.2) is 232 Å². The van der Waals surface area contributed by atoms with Gasteiger partial charge in [-0.1, -0.05) is 84.9 Å². The molecule has 726 valence electrons. The van der Waals surface area contributed by atoms with E-state index in [1.165, 1.54) is 41.5 Å². The monoisotopic (exact) mass is 1880 g/mol. The number of nitrogens with one attached hydrogen (secondary N) is 2. The maximum Gasteiger partial charge on any atom is 0.409 e. The number of benzene rings is 7. The normalized spacial score (nSPS) is 15.6. The topological polar surface area (TPSA) is 409 Å². The van der Waals surface area contributed by atoms with Crippen LogP contribution in [0.5, 0.6) is 40.2 Å². The van der Waals surface area contributed by atoms with Gasteiger partial charge in [0.2, 0.25) is 0 Å². The van der Waals surface area contributed by atoms with Gasteiger partial charge in [-0.15, -0.1) is 26.2 Å². The largest absolute Gasteiger partial charge is 0.660 e. The van der Waals surface area contributed by atoms with Crippen LogP contribution in [-0.2, 0) is 60.0 Å². The number of carbonyl (C=O) groups is 1. The number of amides is 1. The Kier molecular flexibility index (Phi) is 40.2. The molecule has 6 aliphatic rings. The predicted octanol–water partition coefficient (Wildman–Crippen LogP) is 12.6. The number of pyridine rings is 7. The Morgan fingerprint density at radius 2 is 0.583 bits per heavy atom. The molecular formula is C104H125B2N21O12-2. The Bertz CT molecular complexity index is 6190. The number of aliphatic hydroxyl groups excluding tert-OH is 1. The standard InChI is InChI=1S/C24H24N4O2.C17H21N3O3.C16H21N3O2.C14H17N3O.C14H16N3O.C13H11N3O.C4H9N2.2CH3BO/c29-21-7-5-17(19-3-1-9-25-23(19)21)15-27-11-13-28(14-12-27)16-18-6-8-22(30)24-20(18)4-2-10-26-24;1-2-23-17(22)20-10-8-19(9-11-20)12-13-5-6-15(21)16-14(13)4-3-7-18-16;20-11-10-18-6-8-19(9-7-18)12-13-3-4-15(21)16-14(13)2-1-5-17-16;2*18-13-4-3-11(10-17-8-6-15-7-9-17)12-2-1-5-16-14(12)13;17-12-4-3-10(8-16-7-6-14-9-16)11-2-1-5-15-13(11)12;1-2-6-4-3-5-1;2*1-2-3/h1-10,29-30H,11-16H2;3-7,21H,2,8-12H2,1H3;1-5,20-21H,6-12H2;1-5,15,18H,6-10H2;1-5,18H,6-10H2;1-7,9,17H,8H2;5H,1-4H2;2*1H3/q;;;;-1;;-1;;. The van der Waals surface area contributed by atoms with Crippen LogP contribution in [0.3, 0.4) is 0 Å². The molecule has 6 fully saturated rings. The Morgan fingerprint density at radius 3 is 0.835 bits per heavy atom. The molecule has 139 heavy (non-hydrogen) atoms. The van der Waals surface area contributed by atoms with Gasteiger partial charge in [-0.3, -0.25) is 64.3 Å². The molecule has 0 atom stereocenters. The number of imidazole rings is 1. The fourth-order valence-electron chi connectivity index (χ4n) is 17.5. The van der Waals surface area contributed by atoms with Crippen molar-refractivity contribution in [3.05, 3.63) is 282 Å². The fourth-order valence-corrected chi connectivity index (χ4v) is 17.5. The molecule has 6 aliphatic heterocycles. The van der Waals surface area contributed by atoms with Crippen molar-refractivity contribution in [3.63, 3.8) is 0 Å². The first-order valence-electron chi connectivity index (χ1n) is 47.4. The molecule has 33 nitrogen and oxygen atoms in total. The molecule has 0 saturated carbocycles. The van der Waals surface area contributed by atoms with E-state index in [2.05, 4.69) is 95.4 Å². The third-order valence-electron chi connectivity index (χ3n) is 24.6. The van der Waals surface area contributed by atoms with Gasteiger partial charge in [-0.2, -0.15) is 0 Å². The smallest absolute Gasteiger partial charge is 0.409 e. The Balaban J connectivity index is 0.000000138. The SMILES string of the molecule is C1CNCC[N-]1.CB=O.CB=O.CCOC(=O)N1CCN(Cc2ccc(O)c3ncccc23)CC1.OCCN1CCN(Cc2ccc(O)c3ncccc23)CC1.Oc1ccc(CN2CCN(Cc3ccc(O)c4ncccc34)CC2)c2cccnc12.Oc1ccc(CN2CCNCC2)c2cccnc12.Oc1ccc(CN2CC[N-]CC2)c2cccnc12.Oc1ccc(Cn2ccnc2)c2cccnc12. The number of ether oxygens (including phenoxy) is 1. The number of fused-ring (bicyclic) bond motifs is 7. The maximum atomic E-state index is 11.7. The average molecular weight is 1880 g/mol. The second-order valence-electron chi connectivity index (χ2n) is 34.0. The van der Waals surface area contributed by atoms with E-state index in [0.29, 0.717) is 58.3 Å². The summed E-state index contributed by atoms with van der Waals surface area (Å²) >= 11 is 0. The second-order valence-corrected chi connectivity index (χ2v) is 34.0. The van der Waals surface area contributed by atoms with Crippen LogP contribution in [0.25, 0.3) is 87.0 Å². The summed E-state index contributed by atoms with van der Waals surface area (Å²) in [5, 5.41) is 100. The number of carbonyl (C=O) groups excluding carboxylic acids is 1. The van der Waals surface area contributed by atoms with E-state index >= 15 is 0 Å². The summed E-state index contributed by atoms with van der Waals surface area (Å²) in [6.45, 7) is 35.2. The van der Waals surface area contributed by atoms with Crippen molar-refractivity contribution in [3.8, 4) is 40.2 Å². The molecule has 1 amide bonds. The molecule has 0 aliphatic carbocycles. The summed E-state index contributed by atoms with van der Waals surface area (Å²) in [5.74, 6) is 1.63. The number of phenolic OH excluding ortho intramolecular Hbond substituents is 7. The number of nitrogens with zero attached hydrogens (tertiary/aromatic N) is 19. The summed E-state index contributed by atoms with van der Waals surface area (Å²) in [4.78, 5) is 64.1. The van der Waals surface area contributed by atoms with Gasteiger partial charge in [0, 0.05) is 251 Å². The number of hydrogen-bond donors (Lipinski definition) is 10. The van der Waals surface area contributed by atoms with Gasteiger partial charge in [0.25, 0.3) is 0 Å². The molecule has 6 saturated heterocycles. The molecule has 7 aromatic carbocycles. The summed E-state index contributed by atoms with van der Waals surface area (Å²) in [7, 11) is 1.50. The number of phenols is 7. The van der Waals surface area contributed by atoms with Crippen LogP contribution in [0.1, 0.15) is 45.9 Å². The van der Waals surface area contributed by atoms with E-state index in [0.717, 1.165) is 259 Å². The molecule has 15 aromatic rings. The molecule has 0 spiro atoms. The molecule has 0 radical (unpaired) electrons. The van der Waals surface area contributed by atoms with Gasteiger partial charge in [0.15, 0.2) is 0 Å². The van der Waals surface area contributed by atoms with Crippen LogP contribution >= 0.6 is 0 Å². The summed E-state index contributed by atoms with van der Waals surface area (Å²) < 4.78 is 24.6. The first kappa shape index (κ1) is 103. The van der Waals surface area contributed by atoms with Gasteiger partial charge in [-0.25, -0.2) is 9.78 Å². The van der Waals surface area contributed by atoms with Crippen LogP contribution < -0.4 is 10.6 Å². The molecule has 0 bridgehead atoms. The summed E-state index contributed by atoms with van der Waals surface area (Å²) in [6.07, 6.45) is 17.1. The summed E-state index contributed by atoms with van der Waals surface area (Å²) in [5.41, 5.74) is 13.0. The van der Waals surface area contributed by atoms with Crippen molar-refractivity contribution in [1.29, 1.82) is 0 Å². The number of aliphatic hydroxyl groups is 1.